The number of hydrogen-bond donors (Lipinski definition) is 0. The fourth-order valence-corrected chi connectivity index (χ4v) is 5.02. The Morgan fingerprint density at radius 1 is 0.545 bits per heavy atom. The van der Waals surface area contributed by atoms with Crippen molar-refractivity contribution in [2.24, 2.45) is 0 Å². The lowest BCUT2D eigenvalue weighted by Gasteiger charge is -2.10. The average molecular weight is 495 g/mol. The third kappa shape index (κ3) is 10.4. The van der Waals surface area contributed by atoms with Crippen molar-refractivity contribution in [2.75, 3.05) is 39.9 Å². The minimum absolute atomic E-state index is 0.881. The van der Waals surface area contributed by atoms with Crippen LogP contribution in [0.1, 0.15) is 49.7 Å². The monoisotopic (exact) mass is 494 g/mol. The van der Waals surface area contributed by atoms with Crippen molar-refractivity contribution >= 4 is 24.1 Å². The first-order valence-corrected chi connectivity index (χ1v) is 13.4. The van der Waals surface area contributed by atoms with Gasteiger partial charge in [0.05, 0.1) is 28.4 Å². The molecule has 0 saturated heterocycles. The highest BCUT2D eigenvalue weighted by atomic mass is 32.2. The molecule has 2 aromatic rings. The van der Waals surface area contributed by atoms with Gasteiger partial charge in [0.1, 0.15) is 23.0 Å². The molecule has 5 nitrogen and oxygen atoms in total. The van der Waals surface area contributed by atoms with Gasteiger partial charge in [-0.25, -0.2) is 3.63 Å². The number of unbranched alkanes of at least 4 members (excludes halogenated alkanes) is 4. The normalized spacial score (nSPS) is 10.8. The van der Waals surface area contributed by atoms with Gasteiger partial charge in [0.15, 0.2) is 0 Å². The Morgan fingerprint density at radius 2 is 1.00 bits per heavy atom. The molecule has 0 spiro atoms. The van der Waals surface area contributed by atoms with Gasteiger partial charge in [-0.2, -0.15) is 0 Å². The predicted molar refractivity (Wildman–Crippen MR) is 140 cm³/mol. The minimum Gasteiger partial charge on any atom is -0.497 e. The van der Waals surface area contributed by atoms with Gasteiger partial charge in [-0.1, -0.05) is 12.8 Å². The Hall–Kier alpha value is -1.70. The molecule has 0 bridgehead atoms. The Labute approximate surface area is 208 Å². The highest BCUT2D eigenvalue weighted by Gasteiger charge is 2.06. The van der Waals surface area contributed by atoms with E-state index >= 15 is 0 Å². The maximum Gasteiger partial charge on any atom is 0.122 e. The molecule has 0 aliphatic rings. The van der Waals surface area contributed by atoms with Crippen molar-refractivity contribution in [1.29, 1.82) is 0 Å². The molecule has 0 aliphatic carbocycles. The number of ether oxygens (including phenoxy) is 4. The summed E-state index contributed by atoms with van der Waals surface area (Å²) >= 11 is 3.14. The first kappa shape index (κ1) is 27.5. The summed E-state index contributed by atoms with van der Waals surface area (Å²) in [5.41, 5.74) is 2.42. The lowest BCUT2D eigenvalue weighted by molar-refractivity contribution is 0.398. The second-order valence-corrected chi connectivity index (χ2v) is 9.52. The number of aryl methyl sites for hydroxylation is 2. The molecule has 2 aromatic carbocycles. The number of benzene rings is 2. The van der Waals surface area contributed by atoms with Crippen LogP contribution in [-0.2, 0) is 16.5 Å². The molecule has 2 rings (SSSR count). The predicted octanol–water partition coefficient (Wildman–Crippen LogP) is 7.16. The summed E-state index contributed by atoms with van der Waals surface area (Å²) in [6.45, 7) is 0. The second kappa shape index (κ2) is 16.8. The van der Waals surface area contributed by atoms with Gasteiger partial charge in [-0.05, 0) is 86.1 Å². The zero-order valence-electron chi connectivity index (χ0n) is 20.4. The lowest BCUT2D eigenvalue weighted by Crippen LogP contribution is -1.95. The minimum atomic E-state index is 0.881. The Balaban J connectivity index is 1.46. The highest BCUT2D eigenvalue weighted by Crippen LogP contribution is 2.27. The van der Waals surface area contributed by atoms with E-state index in [0.717, 1.165) is 73.0 Å². The number of hydrogen-bond acceptors (Lipinski definition) is 7. The molecule has 33 heavy (non-hydrogen) atoms. The molecule has 184 valence electrons. The van der Waals surface area contributed by atoms with Crippen molar-refractivity contribution in [2.45, 2.75) is 51.4 Å². The van der Waals surface area contributed by atoms with Gasteiger partial charge in [-0.15, -0.1) is 0 Å². The van der Waals surface area contributed by atoms with Gasteiger partial charge in [-0.3, -0.25) is 0 Å². The topological polar surface area (TPSA) is 46.2 Å². The smallest absolute Gasteiger partial charge is 0.122 e. The molecular weight excluding hydrogens is 456 g/mol. The van der Waals surface area contributed by atoms with E-state index in [9.17, 15) is 0 Å². The molecule has 0 radical (unpaired) electrons. The maximum absolute atomic E-state index is 5.66. The highest BCUT2D eigenvalue weighted by molar-refractivity contribution is 8.07. The molecule has 0 heterocycles. The molecular formula is C26H38O5S2. The van der Waals surface area contributed by atoms with Crippen molar-refractivity contribution in [3.8, 4) is 23.0 Å². The van der Waals surface area contributed by atoms with Crippen LogP contribution in [0.15, 0.2) is 36.4 Å². The Kier molecular flexibility index (Phi) is 14.1. The summed E-state index contributed by atoms with van der Waals surface area (Å²) in [5.74, 6) is 5.69. The van der Waals surface area contributed by atoms with E-state index < -0.39 is 0 Å². The Morgan fingerprint density at radius 3 is 1.39 bits per heavy atom. The van der Waals surface area contributed by atoms with Crippen LogP contribution in [0.3, 0.4) is 0 Å². The second-order valence-electron chi connectivity index (χ2n) is 7.69. The van der Waals surface area contributed by atoms with E-state index in [1.807, 2.05) is 24.3 Å². The SMILES string of the molecule is COc1ccc(OC)c(CCCCCSOSCCCCCc2cc(OC)ccc2OC)c1. The van der Waals surface area contributed by atoms with Crippen LogP contribution in [0.4, 0.5) is 0 Å². The molecule has 0 unspecified atom stereocenters. The molecule has 0 aliphatic heterocycles. The lowest BCUT2D eigenvalue weighted by atomic mass is 10.1. The van der Waals surface area contributed by atoms with Crippen molar-refractivity contribution in [1.82, 2.24) is 0 Å². The average Bonchev–Trinajstić information content (AvgIpc) is 2.86. The maximum atomic E-state index is 5.66. The third-order valence-electron chi connectivity index (χ3n) is 5.42. The molecule has 0 N–H and O–H groups in total. The number of methoxy groups -OCH3 is 4. The molecule has 0 aromatic heterocycles. The standard InChI is InChI=1S/C26H38O5S2/c1-27-23-13-15-25(29-3)21(19-23)11-7-5-9-17-32-31-33-18-10-6-8-12-22-20-24(28-2)14-16-26(22)30-4/h13-16,19-20H,5-12,17-18H2,1-4H3. The molecule has 7 heteroatoms. The van der Waals surface area contributed by atoms with E-state index in [2.05, 4.69) is 12.1 Å². The van der Waals surface area contributed by atoms with Crippen LogP contribution in [0.5, 0.6) is 23.0 Å². The summed E-state index contributed by atoms with van der Waals surface area (Å²) in [6, 6.07) is 12.0. The largest absolute Gasteiger partial charge is 0.497 e. The molecule has 0 fully saturated rings. The number of rotatable bonds is 18. The van der Waals surface area contributed by atoms with E-state index in [4.69, 9.17) is 22.6 Å². The molecule has 0 saturated carbocycles. The summed E-state index contributed by atoms with van der Waals surface area (Å²) in [4.78, 5) is 0. The van der Waals surface area contributed by atoms with Crippen LogP contribution < -0.4 is 18.9 Å². The summed E-state index contributed by atoms with van der Waals surface area (Å²) in [5, 5.41) is 0. The fraction of sp³-hybridized carbons (Fsp3) is 0.538. The molecule has 0 atom stereocenters. The van der Waals surface area contributed by atoms with Gasteiger partial charge < -0.3 is 18.9 Å². The summed E-state index contributed by atoms with van der Waals surface area (Å²) < 4.78 is 27.2. The first-order chi connectivity index (χ1) is 16.2. The van der Waals surface area contributed by atoms with E-state index in [1.165, 1.54) is 24.0 Å². The van der Waals surface area contributed by atoms with Crippen LogP contribution in [-0.4, -0.2) is 39.9 Å². The summed E-state index contributed by atoms with van der Waals surface area (Å²) in [7, 11) is 6.82. The van der Waals surface area contributed by atoms with Gasteiger partial charge >= 0.3 is 0 Å². The zero-order valence-corrected chi connectivity index (χ0v) is 22.0. The van der Waals surface area contributed by atoms with Crippen molar-refractivity contribution in [3.63, 3.8) is 0 Å². The Bertz CT molecular complexity index is 735. The molecule has 0 amide bonds. The van der Waals surface area contributed by atoms with Gasteiger partial charge in [0.2, 0.25) is 0 Å². The fourth-order valence-electron chi connectivity index (χ4n) is 3.56. The van der Waals surface area contributed by atoms with Crippen LogP contribution in [0.25, 0.3) is 0 Å². The first-order valence-electron chi connectivity index (χ1n) is 11.5. The van der Waals surface area contributed by atoms with Crippen LogP contribution in [0, 0.1) is 0 Å². The summed E-state index contributed by atoms with van der Waals surface area (Å²) in [6.07, 6.45) is 8.93. The zero-order chi connectivity index (χ0) is 23.7. The van der Waals surface area contributed by atoms with E-state index in [1.54, 1.807) is 52.5 Å². The third-order valence-corrected chi connectivity index (χ3v) is 7.10. The van der Waals surface area contributed by atoms with Crippen molar-refractivity contribution < 1.29 is 22.6 Å². The van der Waals surface area contributed by atoms with Gasteiger partial charge in [0, 0.05) is 35.6 Å². The van der Waals surface area contributed by atoms with E-state index in [0.29, 0.717) is 0 Å². The van der Waals surface area contributed by atoms with Crippen LogP contribution in [0.2, 0.25) is 0 Å². The van der Waals surface area contributed by atoms with Crippen molar-refractivity contribution in [3.05, 3.63) is 47.5 Å². The quantitative estimate of drug-likeness (QED) is 0.161. The van der Waals surface area contributed by atoms with Crippen LogP contribution >= 0.6 is 24.1 Å². The van der Waals surface area contributed by atoms with Gasteiger partial charge in [0.25, 0.3) is 0 Å². The van der Waals surface area contributed by atoms with E-state index in [-0.39, 0.29) is 0 Å².